The van der Waals surface area contributed by atoms with Crippen LogP contribution in [0.4, 0.5) is 0 Å². The van der Waals surface area contributed by atoms with Crippen LogP contribution >= 0.6 is 0 Å². The Hall–Kier alpha value is -1.26. The molecule has 0 aliphatic carbocycles. The van der Waals surface area contributed by atoms with E-state index in [1.807, 2.05) is 12.1 Å². The highest BCUT2D eigenvalue weighted by Gasteiger charge is 2.20. The zero-order valence-electron chi connectivity index (χ0n) is 7.06. The molecule has 0 radical (unpaired) electrons. The summed E-state index contributed by atoms with van der Waals surface area (Å²) in [6.07, 6.45) is -0.0781. The Balaban J connectivity index is 2.24. The molecule has 1 heterocycles. The Kier molecular flexibility index (Phi) is 2.08. The van der Waals surface area contributed by atoms with Crippen molar-refractivity contribution in [1.82, 2.24) is 0 Å². The van der Waals surface area contributed by atoms with Crippen molar-refractivity contribution in [3.63, 3.8) is 0 Å². The summed E-state index contributed by atoms with van der Waals surface area (Å²) in [5, 5.41) is 8.72. The molecule has 0 saturated carbocycles. The summed E-state index contributed by atoms with van der Waals surface area (Å²) in [6, 6.07) is 5.52. The molecule has 1 aromatic carbocycles. The maximum Gasteiger partial charge on any atom is 0.300 e. The van der Waals surface area contributed by atoms with Crippen LogP contribution in [0, 0.1) is 0 Å². The van der Waals surface area contributed by atoms with Gasteiger partial charge >= 0.3 is 0 Å². The standard InChI is InChI=1S/C9H11NO3/c10-9-12-7-2-1-6(3-4-11)5-8(7)13-9/h1-2,5,9,11H,3-4,10H2/t9-/m0/s1. The summed E-state index contributed by atoms with van der Waals surface area (Å²) >= 11 is 0. The van der Waals surface area contributed by atoms with E-state index in [-0.39, 0.29) is 6.61 Å². The van der Waals surface area contributed by atoms with E-state index in [9.17, 15) is 0 Å². The maximum atomic E-state index is 8.72. The third-order valence-corrected chi connectivity index (χ3v) is 1.89. The van der Waals surface area contributed by atoms with Crippen LogP contribution in [-0.4, -0.2) is 18.1 Å². The van der Waals surface area contributed by atoms with Crippen LogP contribution in [0.5, 0.6) is 11.5 Å². The van der Waals surface area contributed by atoms with Crippen molar-refractivity contribution in [3.05, 3.63) is 23.8 Å². The highest BCUT2D eigenvalue weighted by Crippen LogP contribution is 2.34. The highest BCUT2D eigenvalue weighted by atomic mass is 16.7. The Morgan fingerprint density at radius 1 is 1.31 bits per heavy atom. The molecular formula is C9H11NO3. The van der Waals surface area contributed by atoms with Gasteiger partial charge in [-0.2, -0.15) is 0 Å². The van der Waals surface area contributed by atoms with Crippen molar-refractivity contribution in [2.75, 3.05) is 6.61 Å². The largest absolute Gasteiger partial charge is 0.438 e. The van der Waals surface area contributed by atoms with E-state index in [1.54, 1.807) is 6.07 Å². The molecule has 1 aromatic rings. The van der Waals surface area contributed by atoms with Crippen molar-refractivity contribution in [2.24, 2.45) is 5.73 Å². The predicted molar refractivity (Wildman–Crippen MR) is 46.5 cm³/mol. The van der Waals surface area contributed by atoms with E-state index >= 15 is 0 Å². The van der Waals surface area contributed by atoms with E-state index in [2.05, 4.69) is 0 Å². The molecule has 4 nitrogen and oxygen atoms in total. The number of ether oxygens (including phenoxy) is 2. The minimum Gasteiger partial charge on any atom is -0.438 e. The molecule has 0 bridgehead atoms. The van der Waals surface area contributed by atoms with Gasteiger partial charge in [0, 0.05) is 6.61 Å². The van der Waals surface area contributed by atoms with E-state index < -0.39 is 6.41 Å². The highest BCUT2D eigenvalue weighted by molar-refractivity contribution is 5.44. The molecular weight excluding hydrogens is 170 g/mol. The van der Waals surface area contributed by atoms with Gasteiger partial charge in [-0.15, -0.1) is 0 Å². The lowest BCUT2D eigenvalue weighted by Gasteiger charge is -2.00. The quantitative estimate of drug-likeness (QED) is 0.685. The monoisotopic (exact) mass is 181 g/mol. The third kappa shape index (κ3) is 1.59. The number of benzene rings is 1. The van der Waals surface area contributed by atoms with Gasteiger partial charge in [-0.05, 0) is 24.1 Å². The van der Waals surface area contributed by atoms with Crippen molar-refractivity contribution in [2.45, 2.75) is 12.8 Å². The van der Waals surface area contributed by atoms with Gasteiger partial charge in [0.25, 0.3) is 6.41 Å². The first kappa shape index (κ1) is 8.34. The minimum absolute atomic E-state index is 0.131. The molecule has 70 valence electrons. The van der Waals surface area contributed by atoms with Crippen LogP contribution in [0.3, 0.4) is 0 Å². The topological polar surface area (TPSA) is 64.7 Å². The molecule has 0 aromatic heterocycles. The second-order valence-corrected chi connectivity index (χ2v) is 2.86. The number of aliphatic hydroxyl groups excluding tert-OH is 1. The smallest absolute Gasteiger partial charge is 0.300 e. The Labute approximate surface area is 75.9 Å². The maximum absolute atomic E-state index is 8.72. The van der Waals surface area contributed by atoms with Gasteiger partial charge in [-0.1, -0.05) is 6.07 Å². The van der Waals surface area contributed by atoms with Gasteiger partial charge in [0.1, 0.15) is 0 Å². The molecule has 0 fully saturated rings. The van der Waals surface area contributed by atoms with Crippen LogP contribution in [0.2, 0.25) is 0 Å². The average molecular weight is 181 g/mol. The van der Waals surface area contributed by atoms with E-state index in [4.69, 9.17) is 20.3 Å². The van der Waals surface area contributed by atoms with Gasteiger partial charge in [-0.3, -0.25) is 5.73 Å². The van der Waals surface area contributed by atoms with E-state index in [0.29, 0.717) is 17.9 Å². The van der Waals surface area contributed by atoms with Crippen LogP contribution in [0.15, 0.2) is 18.2 Å². The summed E-state index contributed by atoms with van der Waals surface area (Å²) in [5.41, 5.74) is 6.43. The molecule has 0 amide bonds. The van der Waals surface area contributed by atoms with Gasteiger partial charge in [-0.25, -0.2) is 0 Å². The Bertz CT molecular complexity index is 314. The summed E-state index contributed by atoms with van der Waals surface area (Å²) in [4.78, 5) is 0. The van der Waals surface area contributed by atoms with E-state index in [0.717, 1.165) is 5.56 Å². The molecule has 1 aliphatic heterocycles. The van der Waals surface area contributed by atoms with Crippen molar-refractivity contribution in [3.8, 4) is 11.5 Å². The summed E-state index contributed by atoms with van der Waals surface area (Å²) in [5.74, 6) is 1.31. The Morgan fingerprint density at radius 3 is 2.85 bits per heavy atom. The molecule has 3 N–H and O–H groups in total. The van der Waals surface area contributed by atoms with Gasteiger partial charge in [0.15, 0.2) is 11.5 Å². The fourth-order valence-corrected chi connectivity index (χ4v) is 1.30. The molecule has 0 unspecified atom stereocenters. The minimum atomic E-state index is -0.695. The Morgan fingerprint density at radius 2 is 2.08 bits per heavy atom. The number of hydrogen-bond donors (Lipinski definition) is 2. The molecule has 13 heavy (non-hydrogen) atoms. The summed E-state index contributed by atoms with van der Waals surface area (Å²) in [6.45, 7) is 0.131. The fraction of sp³-hybridized carbons (Fsp3) is 0.333. The second-order valence-electron chi connectivity index (χ2n) is 2.86. The van der Waals surface area contributed by atoms with Gasteiger partial charge in [0.05, 0.1) is 0 Å². The lowest BCUT2D eigenvalue weighted by molar-refractivity contribution is 0.0562. The first-order valence-electron chi connectivity index (χ1n) is 4.12. The van der Waals surface area contributed by atoms with Crippen molar-refractivity contribution >= 4 is 0 Å². The zero-order chi connectivity index (χ0) is 9.26. The lowest BCUT2D eigenvalue weighted by atomic mass is 10.1. The number of aliphatic hydroxyl groups is 1. The summed E-state index contributed by atoms with van der Waals surface area (Å²) in [7, 11) is 0. The van der Waals surface area contributed by atoms with Crippen LogP contribution in [0.25, 0.3) is 0 Å². The molecule has 4 heteroatoms. The van der Waals surface area contributed by atoms with Gasteiger partial charge in [0.2, 0.25) is 0 Å². The van der Waals surface area contributed by atoms with Crippen LogP contribution < -0.4 is 15.2 Å². The normalized spacial score (nSPS) is 19.1. The van der Waals surface area contributed by atoms with Crippen LogP contribution in [0.1, 0.15) is 5.56 Å². The SMILES string of the molecule is N[C@H]1Oc2ccc(CCO)cc2O1. The number of rotatable bonds is 2. The fourth-order valence-electron chi connectivity index (χ4n) is 1.30. The van der Waals surface area contributed by atoms with Crippen molar-refractivity contribution in [1.29, 1.82) is 0 Å². The second kappa shape index (κ2) is 3.24. The molecule has 1 atom stereocenters. The first-order valence-corrected chi connectivity index (χ1v) is 4.12. The lowest BCUT2D eigenvalue weighted by Crippen LogP contribution is -2.28. The molecule has 1 aliphatic rings. The van der Waals surface area contributed by atoms with Crippen molar-refractivity contribution < 1.29 is 14.6 Å². The number of fused-ring (bicyclic) bond motifs is 1. The zero-order valence-corrected chi connectivity index (χ0v) is 7.06. The van der Waals surface area contributed by atoms with Crippen LogP contribution in [-0.2, 0) is 6.42 Å². The summed E-state index contributed by atoms with van der Waals surface area (Å²) < 4.78 is 10.3. The van der Waals surface area contributed by atoms with E-state index in [1.165, 1.54) is 0 Å². The number of hydrogen-bond acceptors (Lipinski definition) is 4. The average Bonchev–Trinajstić information content (AvgIpc) is 2.44. The number of nitrogens with two attached hydrogens (primary N) is 1. The third-order valence-electron chi connectivity index (χ3n) is 1.89. The first-order chi connectivity index (χ1) is 6.29. The molecule has 0 spiro atoms. The van der Waals surface area contributed by atoms with Gasteiger partial charge < -0.3 is 14.6 Å². The molecule has 2 rings (SSSR count). The predicted octanol–water partition coefficient (Wildman–Crippen LogP) is 0.235. The molecule has 0 saturated heterocycles.